The van der Waals surface area contributed by atoms with E-state index in [0.29, 0.717) is 5.92 Å². The first-order valence-corrected chi connectivity index (χ1v) is 4.60. The summed E-state index contributed by atoms with van der Waals surface area (Å²) in [6.07, 6.45) is 1.90. The number of carboxylic acid groups (broad SMARTS) is 1. The zero-order chi connectivity index (χ0) is 8.77. The molecule has 3 nitrogen and oxygen atoms in total. The molecule has 3 heteroatoms. The van der Waals surface area contributed by atoms with Gasteiger partial charge in [0.25, 0.3) is 0 Å². The highest BCUT2D eigenvalue weighted by Gasteiger charge is 2.59. The Kier molecular flexibility index (Phi) is 1.65. The lowest BCUT2D eigenvalue weighted by atomic mass is 9.82. The standard InChI is InChI=1S/C9H15NO2/c1-6-4-9(6)5-10-3-2-7(9)8(11)12/h6-7,10H,2-5H2,1H3,(H,11,12). The predicted molar refractivity (Wildman–Crippen MR) is 44.8 cm³/mol. The molecule has 3 atom stereocenters. The Labute approximate surface area is 72.2 Å². The Morgan fingerprint density at radius 3 is 2.75 bits per heavy atom. The van der Waals surface area contributed by atoms with E-state index in [-0.39, 0.29) is 11.3 Å². The fourth-order valence-corrected chi connectivity index (χ4v) is 2.59. The summed E-state index contributed by atoms with van der Waals surface area (Å²) in [7, 11) is 0. The molecule has 2 rings (SSSR count). The first-order valence-electron chi connectivity index (χ1n) is 4.60. The number of carboxylic acids is 1. The van der Waals surface area contributed by atoms with Crippen LogP contribution in [0.15, 0.2) is 0 Å². The first kappa shape index (κ1) is 8.05. The number of nitrogens with one attached hydrogen (secondary N) is 1. The van der Waals surface area contributed by atoms with Gasteiger partial charge >= 0.3 is 5.97 Å². The molecule has 2 N–H and O–H groups in total. The summed E-state index contributed by atoms with van der Waals surface area (Å²) < 4.78 is 0. The van der Waals surface area contributed by atoms with Crippen molar-refractivity contribution in [2.24, 2.45) is 17.3 Å². The van der Waals surface area contributed by atoms with Crippen LogP contribution in [0.5, 0.6) is 0 Å². The molecule has 0 aromatic heterocycles. The van der Waals surface area contributed by atoms with Crippen molar-refractivity contribution < 1.29 is 9.90 Å². The van der Waals surface area contributed by atoms with Crippen LogP contribution in [0.3, 0.4) is 0 Å². The van der Waals surface area contributed by atoms with E-state index in [1.165, 1.54) is 0 Å². The lowest BCUT2D eigenvalue weighted by molar-refractivity contribution is -0.145. The van der Waals surface area contributed by atoms with Crippen molar-refractivity contribution in [2.75, 3.05) is 13.1 Å². The van der Waals surface area contributed by atoms with E-state index < -0.39 is 5.97 Å². The van der Waals surface area contributed by atoms with Crippen molar-refractivity contribution in [1.82, 2.24) is 5.32 Å². The molecule has 12 heavy (non-hydrogen) atoms. The molecule has 0 aromatic carbocycles. The number of hydrogen-bond acceptors (Lipinski definition) is 2. The zero-order valence-corrected chi connectivity index (χ0v) is 7.34. The van der Waals surface area contributed by atoms with Gasteiger partial charge in [-0.25, -0.2) is 0 Å². The zero-order valence-electron chi connectivity index (χ0n) is 7.34. The lowest BCUT2D eigenvalue weighted by Crippen LogP contribution is -2.42. The molecule has 1 heterocycles. The normalized spacial score (nSPS) is 46.1. The molecule has 1 saturated carbocycles. The molecule has 1 spiro atoms. The SMILES string of the molecule is CC1CC12CNCCC2C(=O)O. The highest BCUT2D eigenvalue weighted by molar-refractivity contribution is 5.72. The van der Waals surface area contributed by atoms with Crippen LogP contribution in [0.2, 0.25) is 0 Å². The van der Waals surface area contributed by atoms with Crippen LogP contribution in [0.1, 0.15) is 19.8 Å². The van der Waals surface area contributed by atoms with Gasteiger partial charge in [0.1, 0.15) is 0 Å². The van der Waals surface area contributed by atoms with Crippen LogP contribution in [0, 0.1) is 17.3 Å². The van der Waals surface area contributed by atoms with Gasteiger partial charge in [-0.05, 0) is 30.7 Å². The molecule has 3 unspecified atom stereocenters. The first-order chi connectivity index (χ1) is 5.67. The second-order valence-corrected chi connectivity index (χ2v) is 4.19. The van der Waals surface area contributed by atoms with E-state index in [1.54, 1.807) is 0 Å². The van der Waals surface area contributed by atoms with Gasteiger partial charge in [-0.1, -0.05) is 6.92 Å². The third-order valence-corrected chi connectivity index (χ3v) is 3.56. The minimum absolute atomic E-state index is 0.0891. The molecule has 68 valence electrons. The van der Waals surface area contributed by atoms with E-state index >= 15 is 0 Å². The highest BCUT2D eigenvalue weighted by Crippen LogP contribution is 2.59. The van der Waals surface area contributed by atoms with Crippen molar-refractivity contribution in [3.8, 4) is 0 Å². The second kappa shape index (κ2) is 2.46. The maximum Gasteiger partial charge on any atom is 0.307 e. The molecule has 1 aliphatic carbocycles. The molecule has 0 amide bonds. The van der Waals surface area contributed by atoms with Gasteiger partial charge in [0.05, 0.1) is 5.92 Å². The van der Waals surface area contributed by atoms with Gasteiger partial charge in [-0.3, -0.25) is 4.79 Å². The Balaban J connectivity index is 2.14. The van der Waals surface area contributed by atoms with Crippen molar-refractivity contribution in [2.45, 2.75) is 19.8 Å². The quantitative estimate of drug-likeness (QED) is 0.607. The van der Waals surface area contributed by atoms with Gasteiger partial charge in [-0.2, -0.15) is 0 Å². The van der Waals surface area contributed by atoms with Crippen LogP contribution < -0.4 is 5.32 Å². The van der Waals surface area contributed by atoms with E-state index in [1.807, 2.05) is 0 Å². The van der Waals surface area contributed by atoms with Crippen LogP contribution in [0.25, 0.3) is 0 Å². The lowest BCUT2D eigenvalue weighted by Gasteiger charge is -2.30. The fourth-order valence-electron chi connectivity index (χ4n) is 2.59. The van der Waals surface area contributed by atoms with Crippen LogP contribution in [-0.2, 0) is 4.79 Å². The summed E-state index contributed by atoms with van der Waals surface area (Å²) in [5, 5.41) is 12.3. The fraction of sp³-hybridized carbons (Fsp3) is 0.889. The number of piperidine rings is 1. The largest absolute Gasteiger partial charge is 0.481 e. The average Bonchev–Trinajstić information content (AvgIpc) is 2.62. The summed E-state index contributed by atoms with van der Waals surface area (Å²) in [6.45, 7) is 3.93. The monoisotopic (exact) mass is 169 g/mol. The number of carbonyl (C=O) groups is 1. The Morgan fingerprint density at radius 1 is 1.67 bits per heavy atom. The van der Waals surface area contributed by atoms with Crippen LogP contribution >= 0.6 is 0 Å². The molecule has 0 aromatic rings. The number of aliphatic carboxylic acids is 1. The molecule has 2 fully saturated rings. The van der Waals surface area contributed by atoms with Crippen molar-refractivity contribution in [1.29, 1.82) is 0 Å². The summed E-state index contributed by atoms with van der Waals surface area (Å²) in [5.41, 5.74) is 0.115. The number of hydrogen-bond donors (Lipinski definition) is 2. The Morgan fingerprint density at radius 2 is 2.33 bits per heavy atom. The molecule has 2 aliphatic rings. The predicted octanol–water partition coefficient (Wildman–Crippen LogP) is 0.707. The van der Waals surface area contributed by atoms with Crippen LogP contribution in [-0.4, -0.2) is 24.2 Å². The topological polar surface area (TPSA) is 49.3 Å². The van der Waals surface area contributed by atoms with Gasteiger partial charge in [0.15, 0.2) is 0 Å². The highest BCUT2D eigenvalue weighted by atomic mass is 16.4. The molecule has 0 bridgehead atoms. The summed E-state index contributed by atoms with van der Waals surface area (Å²) in [6, 6.07) is 0. The molecular formula is C9H15NO2. The van der Waals surface area contributed by atoms with Crippen molar-refractivity contribution >= 4 is 5.97 Å². The summed E-state index contributed by atoms with van der Waals surface area (Å²) in [5.74, 6) is -0.0824. The minimum Gasteiger partial charge on any atom is -0.481 e. The summed E-state index contributed by atoms with van der Waals surface area (Å²) in [4.78, 5) is 10.9. The maximum atomic E-state index is 10.9. The van der Waals surface area contributed by atoms with E-state index in [4.69, 9.17) is 5.11 Å². The second-order valence-electron chi connectivity index (χ2n) is 4.19. The molecule has 0 radical (unpaired) electrons. The Bertz CT molecular complexity index is 217. The van der Waals surface area contributed by atoms with Gasteiger partial charge < -0.3 is 10.4 Å². The average molecular weight is 169 g/mol. The van der Waals surface area contributed by atoms with Gasteiger partial charge in [-0.15, -0.1) is 0 Å². The maximum absolute atomic E-state index is 10.9. The van der Waals surface area contributed by atoms with Crippen LogP contribution in [0.4, 0.5) is 0 Å². The van der Waals surface area contributed by atoms with E-state index in [0.717, 1.165) is 25.9 Å². The molecular weight excluding hydrogens is 154 g/mol. The molecule has 1 aliphatic heterocycles. The Hall–Kier alpha value is -0.570. The van der Waals surface area contributed by atoms with Gasteiger partial charge in [0.2, 0.25) is 0 Å². The molecule has 1 saturated heterocycles. The number of rotatable bonds is 1. The van der Waals surface area contributed by atoms with Gasteiger partial charge in [0, 0.05) is 6.54 Å². The van der Waals surface area contributed by atoms with E-state index in [2.05, 4.69) is 12.2 Å². The smallest absolute Gasteiger partial charge is 0.307 e. The minimum atomic E-state index is -0.596. The third kappa shape index (κ3) is 0.959. The summed E-state index contributed by atoms with van der Waals surface area (Å²) >= 11 is 0. The van der Waals surface area contributed by atoms with E-state index in [9.17, 15) is 4.79 Å². The van der Waals surface area contributed by atoms with Crippen molar-refractivity contribution in [3.05, 3.63) is 0 Å². The third-order valence-electron chi connectivity index (χ3n) is 3.56. The van der Waals surface area contributed by atoms with Crippen molar-refractivity contribution in [3.63, 3.8) is 0 Å².